The zero-order valence-corrected chi connectivity index (χ0v) is 14.9. The molecule has 3 nitrogen and oxygen atoms in total. The summed E-state index contributed by atoms with van der Waals surface area (Å²) < 4.78 is 14.4. The fraction of sp³-hybridized carbons (Fsp3) is 0.381. The molecule has 0 aliphatic heterocycles. The molecule has 1 atom stereocenters. The molecule has 25 heavy (non-hydrogen) atoms. The van der Waals surface area contributed by atoms with Crippen molar-refractivity contribution in [2.24, 2.45) is 0 Å². The third kappa shape index (κ3) is 4.81. The summed E-state index contributed by atoms with van der Waals surface area (Å²) in [4.78, 5) is 12.9. The Morgan fingerprint density at radius 2 is 1.80 bits per heavy atom. The van der Waals surface area contributed by atoms with Crippen LogP contribution < -0.4 is 5.32 Å². The van der Waals surface area contributed by atoms with Gasteiger partial charge in [-0.15, -0.1) is 0 Å². The van der Waals surface area contributed by atoms with E-state index in [1.807, 2.05) is 6.92 Å². The van der Waals surface area contributed by atoms with E-state index in [-0.39, 0.29) is 17.5 Å². The fourth-order valence-electron chi connectivity index (χ4n) is 3.00. The maximum absolute atomic E-state index is 14.4. The van der Waals surface area contributed by atoms with Gasteiger partial charge in [-0.2, -0.15) is 0 Å². The molecule has 0 radical (unpaired) electrons. The average molecular weight is 343 g/mol. The number of aromatic hydroxyl groups is 1. The van der Waals surface area contributed by atoms with Crippen LogP contribution in [0.2, 0.25) is 0 Å². The molecule has 2 rings (SSSR count). The van der Waals surface area contributed by atoms with E-state index >= 15 is 0 Å². The number of hydrogen-bond acceptors (Lipinski definition) is 2. The second-order valence-corrected chi connectivity index (χ2v) is 6.62. The lowest BCUT2D eigenvalue weighted by molar-refractivity contribution is -0.126. The number of carbonyl (C=O) groups is 1. The molecule has 0 aliphatic rings. The summed E-state index contributed by atoms with van der Waals surface area (Å²) in [7, 11) is 0. The zero-order valence-electron chi connectivity index (χ0n) is 14.9. The van der Waals surface area contributed by atoms with E-state index in [0.717, 1.165) is 24.8 Å². The molecule has 2 aromatic rings. The quantitative estimate of drug-likeness (QED) is 0.683. The van der Waals surface area contributed by atoms with Gasteiger partial charge in [0.05, 0.1) is 5.41 Å². The van der Waals surface area contributed by atoms with Gasteiger partial charge in [-0.05, 0) is 37.1 Å². The number of halogens is 1. The van der Waals surface area contributed by atoms with Crippen LogP contribution in [0.3, 0.4) is 0 Å². The first-order valence-corrected chi connectivity index (χ1v) is 8.78. The van der Waals surface area contributed by atoms with Crippen molar-refractivity contribution in [1.29, 1.82) is 0 Å². The molecule has 0 spiro atoms. The monoisotopic (exact) mass is 343 g/mol. The minimum Gasteiger partial charge on any atom is -0.508 e. The summed E-state index contributed by atoms with van der Waals surface area (Å²) in [6, 6.07) is 13.2. The predicted octanol–water partition coefficient (Wildman–Crippen LogP) is 4.69. The van der Waals surface area contributed by atoms with E-state index in [1.165, 1.54) is 6.07 Å². The number of carbonyl (C=O) groups excluding carboxylic acids is 1. The van der Waals surface area contributed by atoms with Crippen LogP contribution in [-0.2, 0) is 16.8 Å². The van der Waals surface area contributed by atoms with Crippen molar-refractivity contribution < 1.29 is 14.3 Å². The van der Waals surface area contributed by atoms with Gasteiger partial charge in [-0.1, -0.05) is 56.5 Å². The van der Waals surface area contributed by atoms with Gasteiger partial charge >= 0.3 is 0 Å². The Labute approximate surface area is 148 Å². The first-order valence-electron chi connectivity index (χ1n) is 8.78. The number of phenolic OH excluding ortho intramolecular Hbond substituents is 1. The van der Waals surface area contributed by atoms with Gasteiger partial charge < -0.3 is 10.4 Å². The SMILES string of the molecule is CCCCCC(C)(C(=O)NCc1ccc(O)cc1)c1ccccc1F. The molecule has 2 aromatic carbocycles. The van der Waals surface area contributed by atoms with Gasteiger partial charge in [0, 0.05) is 12.1 Å². The van der Waals surface area contributed by atoms with Crippen molar-refractivity contribution in [2.75, 3.05) is 0 Å². The molecule has 0 aliphatic carbocycles. The number of hydrogen-bond donors (Lipinski definition) is 2. The topological polar surface area (TPSA) is 49.3 Å². The average Bonchev–Trinajstić information content (AvgIpc) is 2.61. The Morgan fingerprint density at radius 1 is 1.12 bits per heavy atom. The van der Waals surface area contributed by atoms with Crippen LogP contribution in [0.25, 0.3) is 0 Å². The van der Waals surface area contributed by atoms with Crippen molar-refractivity contribution in [3.8, 4) is 5.75 Å². The molecular weight excluding hydrogens is 317 g/mol. The lowest BCUT2D eigenvalue weighted by Gasteiger charge is -2.29. The van der Waals surface area contributed by atoms with Crippen LogP contribution in [0, 0.1) is 5.82 Å². The number of phenols is 1. The number of amides is 1. The van der Waals surface area contributed by atoms with E-state index < -0.39 is 5.41 Å². The van der Waals surface area contributed by atoms with Gasteiger partial charge in [0.2, 0.25) is 5.91 Å². The Bertz CT molecular complexity index is 699. The maximum atomic E-state index is 14.4. The van der Waals surface area contributed by atoms with Gasteiger partial charge in [-0.3, -0.25) is 4.79 Å². The van der Waals surface area contributed by atoms with Crippen LogP contribution in [-0.4, -0.2) is 11.0 Å². The van der Waals surface area contributed by atoms with Crippen molar-refractivity contribution >= 4 is 5.91 Å². The summed E-state index contributed by atoms with van der Waals surface area (Å²) in [5.74, 6) is -0.339. The Kier molecular flexibility index (Phi) is 6.57. The molecule has 2 N–H and O–H groups in total. The summed E-state index contributed by atoms with van der Waals surface area (Å²) in [5, 5.41) is 12.3. The summed E-state index contributed by atoms with van der Waals surface area (Å²) in [6.45, 7) is 4.26. The third-order valence-electron chi connectivity index (χ3n) is 4.64. The first-order chi connectivity index (χ1) is 12.0. The summed E-state index contributed by atoms with van der Waals surface area (Å²) in [5.41, 5.74) is 0.419. The molecule has 1 amide bonds. The molecule has 0 saturated carbocycles. The van der Waals surface area contributed by atoms with Gasteiger partial charge in [-0.25, -0.2) is 4.39 Å². The highest BCUT2D eigenvalue weighted by Crippen LogP contribution is 2.32. The van der Waals surface area contributed by atoms with Gasteiger partial charge in [0.1, 0.15) is 11.6 Å². The van der Waals surface area contributed by atoms with Crippen molar-refractivity contribution in [2.45, 2.75) is 51.5 Å². The van der Waals surface area contributed by atoms with Crippen molar-refractivity contribution in [1.82, 2.24) is 5.32 Å². The minimum absolute atomic E-state index is 0.179. The molecule has 0 bridgehead atoms. The Morgan fingerprint density at radius 3 is 2.44 bits per heavy atom. The second-order valence-electron chi connectivity index (χ2n) is 6.62. The number of rotatable bonds is 8. The standard InChI is InChI=1S/C21H26FNO2/c1-3-4-7-14-21(2,18-8-5-6-9-19(18)22)20(25)23-15-16-10-12-17(24)13-11-16/h5-6,8-13,24H,3-4,7,14-15H2,1-2H3,(H,23,25). The van der Waals surface area contributed by atoms with Crippen LogP contribution >= 0.6 is 0 Å². The van der Waals surface area contributed by atoms with Crippen LogP contribution in [0.1, 0.15) is 50.7 Å². The predicted molar refractivity (Wildman–Crippen MR) is 97.8 cm³/mol. The number of benzene rings is 2. The normalized spacial score (nSPS) is 13.2. The highest BCUT2D eigenvalue weighted by Gasteiger charge is 2.36. The van der Waals surface area contributed by atoms with Gasteiger partial charge in [0.15, 0.2) is 0 Å². The molecule has 0 heterocycles. The van der Waals surface area contributed by atoms with Crippen LogP contribution in [0.4, 0.5) is 4.39 Å². The van der Waals surface area contributed by atoms with Crippen LogP contribution in [0.15, 0.2) is 48.5 Å². The van der Waals surface area contributed by atoms with Gasteiger partial charge in [0.25, 0.3) is 0 Å². The molecule has 0 fully saturated rings. The van der Waals surface area contributed by atoms with E-state index in [1.54, 1.807) is 42.5 Å². The first kappa shape index (κ1) is 19.0. The highest BCUT2D eigenvalue weighted by atomic mass is 19.1. The molecule has 0 aromatic heterocycles. The lowest BCUT2D eigenvalue weighted by Crippen LogP contribution is -2.42. The van der Waals surface area contributed by atoms with E-state index in [4.69, 9.17) is 0 Å². The maximum Gasteiger partial charge on any atom is 0.230 e. The van der Waals surface area contributed by atoms with Crippen molar-refractivity contribution in [3.63, 3.8) is 0 Å². The molecule has 1 unspecified atom stereocenters. The number of unbranched alkanes of at least 4 members (excludes halogenated alkanes) is 2. The highest BCUT2D eigenvalue weighted by molar-refractivity contribution is 5.87. The minimum atomic E-state index is -0.905. The fourth-order valence-corrected chi connectivity index (χ4v) is 3.00. The van der Waals surface area contributed by atoms with Crippen molar-refractivity contribution in [3.05, 3.63) is 65.5 Å². The molecular formula is C21H26FNO2. The largest absolute Gasteiger partial charge is 0.508 e. The van der Waals surface area contributed by atoms with E-state index in [9.17, 15) is 14.3 Å². The number of nitrogens with one attached hydrogen (secondary N) is 1. The summed E-state index contributed by atoms with van der Waals surface area (Å²) in [6.07, 6.45) is 3.52. The Hall–Kier alpha value is -2.36. The summed E-state index contributed by atoms with van der Waals surface area (Å²) >= 11 is 0. The molecule has 0 saturated heterocycles. The smallest absolute Gasteiger partial charge is 0.230 e. The molecule has 134 valence electrons. The Balaban J connectivity index is 2.17. The lowest BCUT2D eigenvalue weighted by atomic mass is 9.76. The second kappa shape index (κ2) is 8.65. The molecule has 4 heteroatoms. The zero-order chi connectivity index (χ0) is 18.3. The van der Waals surface area contributed by atoms with E-state index in [0.29, 0.717) is 18.5 Å². The van der Waals surface area contributed by atoms with Crippen LogP contribution in [0.5, 0.6) is 5.75 Å². The van der Waals surface area contributed by atoms with E-state index in [2.05, 4.69) is 12.2 Å². The third-order valence-corrected chi connectivity index (χ3v) is 4.64.